The van der Waals surface area contributed by atoms with Gasteiger partial charge < -0.3 is 11.1 Å². The molecule has 0 aliphatic carbocycles. The zero-order chi connectivity index (χ0) is 24.4. The molecule has 0 radical (unpaired) electrons. The van der Waals surface area contributed by atoms with Crippen LogP contribution in [-0.2, 0) is 0 Å². The summed E-state index contributed by atoms with van der Waals surface area (Å²) in [4.78, 5) is 15.5. The average molecular weight is 448 g/mol. The maximum Gasteiger partial charge on any atom is 0.339 e. The Morgan fingerprint density at radius 2 is 1.19 bits per heavy atom. The fourth-order valence-corrected chi connectivity index (χ4v) is 6.83. The maximum absolute atomic E-state index is 6.52. The third kappa shape index (κ3) is 3.46. The Morgan fingerprint density at radius 1 is 0.781 bits per heavy atom. The number of quaternary nitrogens is 2. The number of hydrogen-bond donors (Lipinski definition) is 2. The Bertz CT molecular complexity index is 822. The highest BCUT2D eigenvalue weighted by Crippen LogP contribution is 2.50. The van der Waals surface area contributed by atoms with E-state index in [1.54, 1.807) is 0 Å². The fraction of sp³-hybridized carbons (Fsp3) is 0.880. The van der Waals surface area contributed by atoms with E-state index in [-0.39, 0.29) is 28.2 Å². The number of rotatable bonds is 4. The molecule has 32 heavy (non-hydrogen) atoms. The van der Waals surface area contributed by atoms with E-state index in [0.717, 1.165) is 44.1 Å². The van der Waals surface area contributed by atoms with E-state index < -0.39 is 0 Å². The molecule has 0 saturated carbocycles. The van der Waals surface area contributed by atoms with Crippen molar-refractivity contribution in [2.45, 2.75) is 123 Å². The topological polar surface area (TPSA) is 76.7 Å². The van der Waals surface area contributed by atoms with Crippen molar-refractivity contribution in [1.82, 2.24) is 23.9 Å². The van der Waals surface area contributed by atoms with Crippen LogP contribution in [0.2, 0.25) is 0 Å². The zero-order valence-corrected chi connectivity index (χ0v) is 22.6. The first-order valence-corrected chi connectivity index (χ1v) is 12.5. The van der Waals surface area contributed by atoms with Crippen LogP contribution in [0.25, 0.3) is 0 Å². The molecule has 7 heteroatoms. The second-order valence-corrected chi connectivity index (χ2v) is 13.1. The summed E-state index contributed by atoms with van der Waals surface area (Å²) in [7, 11) is 4.63. The van der Waals surface area contributed by atoms with Gasteiger partial charge in [0.25, 0.3) is 0 Å². The van der Waals surface area contributed by atoms with Gasteiger partial charge in [0, 0.05) is 38.3 Å². The molecular weight excluding hydrogens is 398 g/mol. The predicted molar refractivity (Wildman–Crippen MR) is 137 cm³/mol. The molecule has 1 aromatic rings. The molecule has 2 aliphatic rings. The van der Waals surface area contributed by atoms with Gasteiger partial charge in [-0.25, -0.2) is 0 Å². The van der Waals surface area contributed by atoms with Crippen molar-refractivity contribution < 1.29 is 0 Å². The minimum absolute atomic E-state index is 0.0255. The molecule has 2 aliphatic heterocycles. The molecule has 0 unspecified atom stereocenters. The Labute approximate surface area is 196 Å². The standard InChI is InChI=1S/C25H49N7/c1-12-27-19-28-20(31(10)22(2,3)14-13-15-23(31,4)5)30-21(29-19)32(11)24(6,7)16-18(26)17-25(32,8)9/h18H,12-17,26H2,1-11H3,(H,27,28,29,30)/q+2. The van der Waals surface area contributed by atoms with E-state index in [0.29, 0.717) is 14.9 Å². The van der Waals surface area contributed by atoms with Gasteiger partial charge in [-0.3, -0.25) is 8.97 Å². The molecule has 0 bridgehead atoms. The van der Waals surface area contributed by atoms with Gasteiger partial charge >= 0.3 is 11.9 Å². The smallest absolute Gasteiger partial charge is 0.339 e. The second kappa shape index (κ2) is 7.60. The number of anilines is 1. The number of nitrogens with two attached hydrogens (primary N) is 1. The lowest BCUT2D eigenvalue weighted by Crippen LogP contribution is -2.76. The minimum atomic E-state index is -0.102. The highest BCUT2D eigenvalue weighted by Gasteiger charge is 2.61. The van der Waals surface area contributed by atoms with Crippen molar-refractivity contribution in [3.63, 3.8) is 0 Å². The van der Waals surface area contributed by atoms with Crippen molar-refractivity contribution in [2.24, 2.45) is 5.73 Å². The van der Waals surface area contributed by atoms with Crippen molar-refractivity contribution in [3.05, 3.63) is 0 Å². The van der Waals surface area contributed by atoms with Crippen LogP contribution < -0.4 is 20.0 Å². The summed E-state index contributed by atoms with van der Waals surface area (Å²) in [5.41, 5.74) is 6.37. The SMILES string of the molecule is CCNc1nc([N+]2(C)C(C)(C)CCCC2(C)C)nc([N+]2(C)C(C)(C)CC(N)CC2(C)C)n1. The third-order valence-corrected chi connectivity index (χ3v) is 9.69. The summed E-state index contributed by atoms with van der Waals surface area (Å²) in [6.07, 6.45) is 5.42. The second-order valence-electron chi connectivity index (χ2n) is 13.1. The van der Waals surface area contributed by atoms with Gasteiger partial charge in [0.1, 0.15) is 22.2 Å². The molecule has 2 fully saturated rings. The van der Waals surface area contributed by atoms with Crippen molar-refractivity contribution in [3.8, 4) is 0 Å². The molecule has 2 saturated heterocycles. The third-order valence-electron chi connectivity index (χ3n) is 9.69. The molecule has 3 N–H and O–H groups in total. The van der Waals surface area contributed by atoms with E-state index >= 15 is 0 Å². The Kier molecular flexibility index (Phi) is 6.02. The predicted octanol–water partition coefficient (Wildman–Crippen LogP) is 4.60. The zero-order valence-electron chi connectivity index (χ0n) is 22.6. The van der Waals surface area contributed by atoms with Gasteiger partial charge in [0.2, 0.25) is 5.95 Å². The van der Waals surface area contributed by atoms with Gasteiger partial charge in [-0.2, -0.15) is 0 Å². The number of nitrogens with zero attached hydrogens (tertiary/aromatic N) is 5. The molecule has 1 aromatic heterocycles. The number of likely N-dealkylation sites (tertiary alicyclic amines) is 2. The first kappa shape index (κ1) is 25.3. The van der Waals surface area contributed by atoms with Crippen LogP contribution >= 0.6 is 0 Å². The maximum atomic E-state index is 6.52. The van der Waals surface area contributed by atoms with E-state index in [1.165, 1.54) is 6.42 Å². The summed E-state index contributed by atoms with van der Waals surface area (Å²) in [6.45, 7) is 21.6. The summed E-state index contributed by atoms with van der Waals surface area (Å²) < 4.78 is 1.34. The van der Waals surface area contributed by atoms with Crippen molar-refractivity contribution in [2.75, 3.05) is 26.0 Å². The molecule has 3 rings (SSSR count). The molecule has 7 nitrogen and oxygen atoms in total. The number of nitrogens with one attached hydrogen (secondary N) is 1. The average Bonchev–Trinajstić information content (AvgIpc) is 2.62. The summed E-state index contributed by atoms with van der Waals surface area (Å²) >= 11 is 0. The van der Waals surface area contributed by atoms with Crippen LogP contribution in [0.3, 0.4) is 0 Å². The quantitative estimate of drug-likeness (QED) is 0.660. The molecule has 0 aromatic carbocycles. The largest absolute Gasteiger partial charge is 0.354 e. The Hall–Kier alpha value is -1.31. The lowest BCUT2D eigenvalue weighted by Gasteiger charge is -2.59. The van der Waals surface area contributed by atoms with Crippen LogP contribution in [-0.4, -0.2) is 63.8 Å². The van der Waals surface area contributed by atoms with Crippen LogP contribution in [0.1, 0.15) is 94.4 Å². The van der Waals surface area contributed by atoms with Gasteiger partial charge in [-0.1, -0.05) is 0 Å². The van der Waals surface area contributed by atoms with Crippen LogP contribution in [0.15, 0.2) is 0 Å². The lowest BCUT2D eigenvalue weighted by atomic mass is 9.74. The van der Waals surface area contributed by atoms with E-state index in [1.807, 2.05) is 0 Å². The van der Waals surface area contributed by atoms with Crippen LogP contribution in [0.5, 0.6) is 0 Å². The monoisotopic (exact) mass is 447 g/mol. The molecule has 0 spiro atoms. The first-order chi connectivity index (χ1) is 14.5. The minimum Gasteiger partial charge on any atom is -0.354 e. The molecule has 0 atom stereocenters. The Balaban J connectivity index is 2.30. The highest BCUT2D eigenvalue weighted by atomic mass is 15.6. The van der Waals surface area contributed by atoms with E-state index in [9.17, 15) is 0 Å². The van der Waals surface area contributed by atoms with Crippen molar-refractivity contribution >= 4 is 17.8 Å². The number of hydrogen-bond acceptors (Lipinski definition) is 5. The normalized spacial score (nSPS) is 32.3. The Morgan fingerprint density at radius 3 is 1.59 bits per heavy atom. The summed E-state index contributed by atoms with van der Waals surface area (Å²) in [5.74, 6) is 2.41. The molecule has 182 valence electrons. The number of piperidine rings is 2. The first-order valence-electron chi connectivity index (χ1n) is 12.5. The van der Waals surface area contributed by atoms with E-state index in [2.05, 4.69) is 81.7 Å². The lowest BCUT2D eigenvalue weighted by molar-refractivity contribution is -0.0154. The van der Waals surface area contributed by atoms with E-state index in [4.69, 9.17) is 20.7 Å². The summed E-state index contributed by atoms with van der Waals surface area (Å²) in [6, 6.07) is 0.185. The molecule has 3 heterocycles. The van der Waals surface area contributed by atoms with Gasteiger partial charge in [0.15, 0.2) is 0 Å². The molecule has 0 amide bonds. The van der Waals surface area contributed by atoms with Crippen molar-refractivity contribution in [1.29, 1.82) is 0 Å². The number of aromatic nitrogens is 3. The van der Waals surface area contributed by atoms with Crippen LogP contribution in [0, 0.1) is 0 Å². The van der Waals surface area contributed by atoms with Gasteiger partial charge in [0.05, 0.1) is 14.1 Å². The molecular formula is C25H49N7+2. The summed E-state index contributed by atoms with van der Waals surface area (Å²) in [5, 5.41) is 3.41. The van der Waals surface area contributed by atoms with Gasteiger partial charge in [-0.15, -0.1) is 15.0 Å². The van der Waals surface area contributed by atoms with Gasteiger partial charge in [-0.05, 0) is 68.7 Å². The van der Waals surface area contributed by atoms with Crippen LogP contribution in [0.4, 0.5) is 17.8 Å². The highest BCUT2D eigenvalue weighted by molar-refractivity contribution is 5.47. The fourth-order valence-electron chi connectivity index (χ4n) is 6.83.